The molecule has 1 saturated heterocycles. The van der Waals surface area contributed by atoms with Gasteiger partial charge in [0.15, 0.2) is 0 Å². The Labute approximate surface area is 129 Å². The average molecular weight is 315 g/mol. The zero-order chi connectivity index (χ0) is 15.2. The van der Waals surface area contributed by atoms with Gasteiger partial charge in [0, 0.05) is 31.3 Å². The monoisotopic (exact) mass is 314 g/mol. The van der Waals surface area contributed by atoms with Crippen molar-refractivity contribution < 1.29 is 13.9 Å². The third-order valence-corrected chi connectivity index (χ3v) is 3.90. The number of ether oxygens (including phenoxy) is 1. The van der Waals surface area contributed by atoms with Crippen molar-refractivity contribution in [2.75, 3.05) is 31.6 Å². The van der Waals surface area contributed by atoms with Crippen molar-refractivity contribution >= 4 is 23.3 Å². The maximum absolute atomic E-state index is 13.7. The molecule has 0 unspecified atom stereocenters. The standard InChI is InChI=1S/C15H20ClFN2O2/c1-2-19(10-11-5-7-21-8-6-11)15(20)18-14-4-3-12(16)9-13(14)17/h3-4,9,11H,2,5-8,10H2,1H3,(H,18,20). The van der Waals surface area contributed by atoms with Crippen molar-refractivity contribution in [1.82, 2.24) is 4.90 Å². The molecule has 1 heterocycles. The molecule has 2 rings (SSSR count). The summed E-state index contributed by atoms with van der Waals surface area (Å²) in [4.78, 5) is 13.9. The molecule has 21 heavy (non-hydrogen) atoms. The first-order valence-electron chi connectivity index (χ1n) is 7.19. The first-order chi connectivity index (χ1) is 10.1. The van der Waals surface area contributed by atoms with E-state index in [4.69, 9.17) is 16.3 Å². The van der Waals surface area contributed by atoms with Crippen LogP contribution >= 0.6 is 11.6 Å². The minimum Gasteiger partial charge on any atom is -0.381 e. The molecular formula is C15H20ClFN2O2. The summed E-state index contributed by atoms with van der Waals surface area (Å²) in [7, 11) is 0. The minimum absolute atomic E-state index is 0.148. The van der Waals surface area contributed by atoms with Crippen LogP contribution in [-0.4, -0.2) is 37.2 Å². The Morgan fingerprint density at radius 3 is 2.81 bits per heavy atom. The van der Waals surface area contributed by atoms with E-state index in [9.17, 15) is 9.18 Å². The highest BCUT2D eigenvalue weighted by atomic mass is 35.5. The Bertz CT molecular complexity index is 493. The fourth-order valence-corrected chi connectivity index (χ4v) is 2.54. The van der Waals surface area contributed by atoms with Gasteiger partial charge in [-0.25, -0.2) is 9.18 Å². The number of urea groups is 1. The molecule has 6 heteroatoms. The Kier molecular flexibility index (Phi) is 5.82. The summed E-state index contributed by atoms with van der Waals surface area (Å²) in [6.45, 7) is 4.65. The zero-order valence-corrected chi connectivity index (χ0v) is 12.8. The minimum atomic E-state index is -0.530. The number of carbonyl (C=O) groups excluding carboxylic acids is 1. The molecule has 1 fully saturated rings. The maximum atomic E-state index is 13.7. The highest BCUT2D eigenvalue weighted by Crippen LogP contribution is 2.20. The summed E-state index contributed by atoms with van der Waals surface area (Å²) in [6, 6.07) is 3.92. The van der Waals surface area contributed by atoms with E-state index in [-0.39, 0.29) is 11.7 Å². The van der Waals surface area contributed by atoms with Crippen LogP contribution in [0.15, 0.2) is 18.2 Å². The summed E-state index contributed by atoms with van der Waals surface area (Å²) in [5, 5.41) is 2.91. The zero-order valence-electron chi connectivity index (χ0n) is 12.1. The van der Waals surface area contributed by atoms with Gasteiger partial charge in [0.25, 0.3) is 0 Å². The van der Waals surface area contributed by atoms with Gasteiger partial charge in [-0.3, -0.25) is 0 Å². The molecule has 1 aliphatic heterocycles. The van der Waals surface area contributed by atoms with E-state index in [0.717, 1.165) is 26.1 Å². The second-order valence-electron chi connectivity index (χ2n) is 5.15. The van der Waals surface area contributed by atoms with Crippen molar-refractivity contribution in [2.45, 2.75) is 19.8 Å². The molecule has 0 radical (unpaired) electrons. The predicted molar refractivity (Wildman–Crippen MR) is 81.2 cm³/mol. The van der Waals surface area contributed by atoms with Gasteiger partial charge < -0.3 is 15.0 Å². The number of hydrogen-bond donors (Lipinski definition) is 1. The predicted octanol–water partition coefficient (Wildman–Crippen LogP) is 3.76. The Balaban J connectivity index is 1.95. The second-order valence-corrected chi connectivity index (χ2v) is 5.59. The lowest BCUT2D eigenvalue weighted by Crippen LogP contribution is -2.39. The van der Waals surface area contributed by atoms with E-state index in [1.807, 2.05) is 6.92 Å². The van der Waals surface area contributed by atoms with Gasteiger partial charge >= 0.3 is 6.03 Å². The van der Waals surface area contributed by atoms with Gasteiger partial charge in [-0.1, -0.05) is 11.6 Å². The molecule has 0 atom stereocenters. The van der Waals surface area contributed by atoms with Crippen molar-refractivity contribution in [2.24, 2.45) is 5.92 Å². The number of hydrogen-bond acceptors (Lipinski definition) is 2. The van der Waals surface area contributed by atoms with Gasteiger partial charge in [0.05, 0.1) is 5.69 Å². The van der Waals surface area contributed by atoms with Gasteiger partial charge in [-0.2, -0.15) is 0 Å². The van der Waals surface area contributed by atoms with Gasteiger partial charge in [0.1, 0.15) is 5.82 Å². The fraction of sp³-hybridized carbons (Fsp3) is 0.533. The van der Waals surface area contributed by atoms with Crippen molar-refractivity contribution in [3.8, 4) is 0 Å². The largest absolute Gasteiger partial charge is 0.381 e. The quantitative estimate of drug-likeness (QED) is 0.919. The molecule has 116 valence electrons. The first-order valence-corrected chi connectivity index (χ1v) is 7.56. The van der Waals surface area contributed by atoms with E-state index in [1.54, 1.807) is 11.0 Å². The average Bonchev–Trinajstić information content (AvgIpc) is 2.48. The topological polar surface area (TPSA) is 41.6 Å². The lowest BCUT2D eigenvalue weighted by molar-refractivity contribution is 0.0576. The maximum Gasteiger partial charge on any atom is 0.321 e. The van der Waals surface area contributed by atoms with Crippen LogP contribution in [0.5, 0.6) is 0 Å². The Morgan fingerprint density at radius 2 is 2.19 bits per heavy atom. The molecule has 1 aromatic rings. The summed E-state index contributed by atoms with van der Waals surface area (Å²) in [5.41, 5.74) is 0.148. The molecule has 1 N–H and O–H groups in total. The molecule has 1 aromatic carbocycles. The van der Waals surface area contributed by atoms with Gasteiger partial charge in [-0.15, -0.1) is 0 Å². The van der Waals surface area contributed by atoms with E-state index in [0.29, 0.717) is 24.0 Å². The summed E-state index contributed by atoms with van der Waals surface area (Å²) >= 11 is 5.70. The molecule has 0 aromatic heterocycles. The van der Waals surface area contributed by atoms with Crippen LogP contribution in [0.4, 0.5) is 14.9 Å². The normalized spacial score (nSPS) is 15.8. The van der Waals surface area contributed by atoms with Crippen LogP contribution < -0.4 is 5.32 Å². The lowest BCUT2D eigenvalue weighted by Gasteiger charge is -2.29. The van der Waals surface area contributed by atoms with Crippen LogP contribution in [0.3, 0.4) is 0 Å². The Hall–Kier alpha value is -1.33. The molecular weight excluding hydrogens is 295 g/mol. The van der Waals surface area contributed by atoms with Crippen LogP contribution in [0.2, 0.25) is 5.02 Å². The molecule has 0 saturated carbocycles. The number of carbonyl (C=O) groups is 1. The smallest absolute Gasteiger partial charge is 0.321 e. The van der Waals surface area contributed by atoms with Crippen molar-refractivity contribution in [3.63, 3.8) is 0 Å². The van der Waals surface area contributed by atoms with Crippen LogP contribution in [0, 0.1) is 11.7 Å². The number of amides is 2. The van der Waals surface area contributed by atoms with Gasteiger partial charge in [-0.05, 0) is 43.9 Å². The number of anilines is 1. The number of rotatable bonds is 4. The molecule has 1 aliphatic rings. The first kappa shape index (κ1) is 16.0. The van der Waals surface area contributed by atoms with Crippen LogP contribution in [-0.2, 0) is 4.74 Å². The van der Waals surface area contributed by atoms with E-state index < -0.39 is 5.82 Å². The van der Waals surface area contributed by atoms with E-state index in [2.05, 4.69) is 5.32 Å². The third-order valence-electron chi connectivity index (χ3n) is 3.66. The van der Waals surface area contributed by atoms with Crippen molar-refractivity contribution in [1.29, 1.82) is 0 Å². The molecule has 0 spiro atoms. The van der Waals surface area contributed by atoms with E-state index in [1.165, 1.54) is 12.1 Å². The van der Waals surface area contributed by atoms with E-state index >= 15 is 0 Å². The molecule has 4 nitrogen and oxygen atoms in total. The number of halogens is 2. The molecule has 0 aliphatic carbocycles. The number of nitrogens with zero attached hydrogens (tertiary/aromatic N) is 1. The van der Waals surface area contributed by atoms with Crippen LogP contribution in [0.1, 0.15) is 19.8 Å². The lowest BCUT2D eigenvalue weighted by atomic mass is 10.00. The second kappa shape index (κ2) is 7.61. The molecule has 2 amide bonds. The molecule has 0 bridgehead atoms. The van der Waals surface area contributed by atoms with Gasteiger partial charge in [0.2, 0.25) is 0 Å². The highest BCUT2D eigenvalue weighted by molar-refractivity contribution is 6.30. The number of nitrogens with one attached hydrogen (secondary N) is 1. The summed E-state index contributed by atoms with van der Waals surface area (Å²) < 4.78 is 19.0. The fourth-order valence-electron chi connectivity index (χ4n) is 2.38. The highest BCUT2D eigenvalue weighted by Gasteiger charge is 2.20. The Morgan fingerprint density at radius 1 is 1.48 bits per heavy atom. The summed E-state index contributed by atoms with van der Waals surface area (Å²) in [6.07, 6.45) is 1.91. The van der Waals surface area contributed by atoms with Crippen LogP contribution in [0.25, 0.3) is 0 Å². The summed E-state index contributed by atoms with van der Waals surface area (Å²) in [5.74, 6) is -0.0857. The third kappa shape index (κ3) is 4.58. The number of benzene rings is 1. The SMILES string of the molecule is CCN(CC1CCOCC1)C(=O)Nc1ccc(Cl)cc1F. The van der Waals surface area contributed by atoms with Crippen molar-refractivity contribution in [3.05, 3.63) is 29.0 Å².